The molecule has 0 saturated carbocycles. The second kappa shape index (κ2) is 5.61. The minimum Gasteiger partial charge on any atom is -0.444 e. The van der Waals surface area contributed by atoms with Crippen LogP contribution in [-0.4, -0.2) is 61.5 Å². The van der Waals surface area contributed by atoms with Crippen LogP contribution in [-0.2, 0) is 14.9 Å². The SMILES string of the molecule is CC(C)(C)OC(=O)N1CCN(S(N)(=O)=O)C(CN)C1. The summed E-state index contributed by atoms with van der Waals surface area (Å²) in [5.41, 5.74) is 4.95. The van der Waals surface area contributed by atoms with E-state index in [2.05, 4.69) is 0 Å². The van der Waals surface area contributed by atoms with Gasteiger partial charge in [0.15, 0.2) is 0 Å². The van der Waals surface area contributed by atoms with Crippen molar-refractivity contribution in [3.8, 4) is 0 Å². The second-order valence-electron chi connectivity index (χ2n) is 5.47. The predicted molar refractivity (Wildman–Crippen MR) is 70.5 cm³/mol. The molecule has 0 bridgehead atoms. The molecule has 0 spiro atoms. The quantitative estimate of drug-likeness (QED) is 0.682. The molecule has 1 amide bonds. The largest absolute Gasteiger partial charge is 0.444 e. The second-order valence-corrected chi connectivity index (χ2v) is 6.97. The first-order valence-electron chi connectivity index (χ1n) is 6.02. The molecule has 9 heteroatoms. The standard InChI is InChI=1S/C10H22N4O4S/c1-10(2,3)18-9(15)13-4-5-14(19(12,16)17)8(6-11)7-13/h8H,4-7,11H2,1-3H3,(H2,12,16,17). The highest BCUT2D eigenvalue weighted by molar-refractivity contribution is 7.86. The van der Waals surface area contributed by atoms with Crippen LogP contribution >= 0.6 is 0 Å². The molecule has 1 atom stereocenters. The lowest BCUT2D eigenvalue weighted by Gasteiger charge is -2.39. The normalized spacial score (nSPS) is 22.4. The minimum atomic E-state index is -3.80. The number of amides is 1. The first-order valence-corrected chi connectivity index (χ1v) is 7.52. The van der Waals surface area contributed by atoms with Crippen molar-refractivity contribution in [1.82, 2.24) is 9.21 Å². The number of carbonyl (C=O) groups excluding carboxylic acids is 1. The molecule has 0 aromatic rings. The van der Waals surface area contributed by atoms with Gasteiger partial charge in [0.2, 0.25) is 0 Å². The van der Waals surface area contributed by atoms with Gasteiger partial charge >= 0.3 is 6.09 Å². The van der Waals surface area contributed by atoms with Crippen LogP contribution in [0.15, 0.2) is 0 Å². The molecular formula is C10H22N4O4S. The summed E-state index contributed by atoms with van der Waals surface area (Å²) in [5, 5.41) is 5.11. The van der Waals surface area contributed by atoms with Gasteiger partial charge in [-0.15, -0.1) is 0 Å². The molecule has 0 aromatic heterocycles. The number of hydrogen-bond acceptors (Lipinski definition) is 5. The number of ether oxygens (including phenoxy) is 1. The van der Waals surface area contributed by atoms with Crippen LogP contribution in [0.2, 0.25) is 0 Å². The topological polar surface area (TPSA) is 119 Å². The molecule has 0 aliphatic carbocycles. The van der Waals surface area contributed by atoms with Gasteiger partial charge in [-0.2, -0.15) is 12.7 Å². The zero-order valence-corrected chi connectivity index (χ0v) is 12.3. The van der Waals surface area contributed by atoms with Gasteiger partial charge in [0.05, 0.1) is 6.04 Å². The van der Waals surface area contributed by atoms with Gasteiger partial charge in [-0.25, -0.2) is 9.93 Å². The monoisotopic (exact) mass is 294 g/mol. The summed E-state index contributed by atoms with van der Waals surface area (Å²) in [5.74, 6) is 0. The Hall–Kier alpha value is -0.900. The molecule has 1 saturated heterocycles. The molecule has 1 aliphatic heterocycles. The van der Waals surface area contributed by atoms with Crippen LogP contribution in [0.1, 0.15) is 20.8 Å². The van der Waals surface area contributed by atoms with E-state index in [0.717, 1.165) is 4.31 Å². The highest BCUT2D eigenvalue weighted by atomic mass is 32.2. The Labute approximate surface area is 113 Å². The molecular weight excluding hydrogens is 272 g/mol. The highest BCUT2D eigenvalue weighted by Crippen LogP contribution is 2.15. The summed E-state index contributed by atoms with van der Waals surface area (Å²) in [7, 11) is -3.80. The van der Waals surface area contributed by atoms with Crippen molar-refractivity contribution in [1.29, 1.82) is 0 Å². The summed E-state index contributed by atoms with van der Waals surface area (Å²) in [6, 6.07) is -0.517. The van der Waals surface area contributed by atoms with E-state index >= 15 is 0 Å². The van der Waals surface area contributed by atoms with Gasteiger partial charge in [-0.1, -0.05) is 0 Å². The smallest absolute Gasteiger partial charge is 0.410 e. The Morgan fingerprint density at radius 1 is 1.37 bits per heavy atom. The van der Waals surface area contributed by atoms with Gasteiger partial charge < -0.3 is 15.4 Å². The Bertz CT molecular complexity index is 431. The number of hydrogen-bond donors (Lipinski definition) is 2. The predicted octanol–water partition coefficient (Wildman–Crippen LogP) is -0.930. The fourth-order valence-electron chi connectivity index (χ4n) is 1.86. The van der Waals surface area contributed by atoms with E-state index < -0.39 is 27.9 Å². The average Bonchev–Trinajstić information content (AvgIpc) is 2.24. The molecule has 1 rings (SSSR count). The Morgan fingerprint density at radius 2 is 1.95 bits per heavy atom. The fraction of sp³-hybridized carbons (Fsp3) is 0.900. The van der Waals surface area contributed by atoms with Gasteiger partial charge in [0.25, 0.3) is 10.2 Å². The fourth-order valence-corrected chi connectivity index (χ4v) is 2.76. The van der Waals surface area contributed by atoms with Gasteiger partial charge in [-0.3, -0.25) is 0 Å². The molecule has 1 heterocycles. The van der Waals surface area contributed by atoms with E-state index in [0.29, 0.717) is 0 Å². The number of carbonyl (C=O) groups is 1. The van der Waals surface area contributed by atoms with Crippen molar-refractivity contribution in [2.75, 3.05) is 26.2 Å². The third-order valence-corrected chi connectivity index (χ3v) is 3.81. The Balaban J connectivity index is 2.72. The maximum Gasteiger partial charge on any atom is 0.410 e. The van der Waals surface area contributed by atoms with Crippen molar-refractivity contribution in [3.63, 3.8) is 0 Å². The highest BCUT2D eigenvalue weighted by Gasteiger charge is 2.35. The lowest BCUT2D eigenvalue weighted by atomic mass is 10.2. The van der Waals surface area contributed by atoms with Crippen LogP contribution in [0.25, 0.3) is 0 Å². The zero-order chi connectivity index (χ0) is 14.8. The van der Waals surface area contributed by atoms with Crippen LogP contribution in [0.4, 0.5) is 4.79 Å². The summed E-state index contributed by atoms with van der Waals surface area (Å²) >= 11 is 0. The number of nitrogens with zero attached hydrogens (tertiary/aromatic N) is 2. The van der Waals surface area contributed by atoms with Gasteiger partial charge in [0, 0.05) is 26.2 Å². The summed E-state index contributed by atoms with van der Waals surface area (Å²) in [6.07, 6.45) is -0.472. The molecule has 112 valence electrons. The molecule has 1 unspecified atom stereocenters. The van der Waals surface area contributed by atoms with Crippen molar-refractivity contribution >= 4 is 16.3 Å². The molecule has 0 aromatic carbocycles. The van der Waals surface area contributed by atoms with E-state index in [1.807, 2.05) is 0 Å². The average molecular weight is 294 g/mol. The Morgan fingerprint density at radius 3 is 2.37 bits per heavy atom. The van der Waals surface area contributed by atoms with E-state index in [4.69, 9.17) is 15.6 Å². The van der Waals surface area contributed by atoms with Gasteiger partial charge in [0.1, 0.15) is 5.60 Å². The van der Waals surface area contributed by atoms with Crippen molar-refractivity contribution in [2.24, 2.45) is 10.9 Å². The molecule has 1 fully saturated rings. The van der Waals surface area contributed by atoms with Crippen LogP contribution < -0.4 is 10.9 Å². The summed E-state index contributed by atoms with van der Waals surface area (Å²) in [4.78, 5) is 13.3. The van der Waals surface area contributed by atoms with Crippen LogP contribution in [0, 0.1) is 0 Å². The van der Waals surface area contributed by atoms with Gasteiger partial charge in [-0.05, 0) is 20.8 Å². The molecule has 0 radical (unpaired) electrons. The molecule has 8 nitrogen and oxygen atoms in total. The summed E-state index contributed by atoms with van der Waals surface area (Å²) in [6.45, 7) is 5.95. The van der Waals surface area contributed by atoms with Crippen LogP contribution in [0.3, 0.4) is 0 Å². The molecule has 19 heavy (non-hydrogen) atoms. The maximum atomic E-state index is 11.9. The summed E-state index contributed by atoms with van der Waals surface area (Å²) < 4.78 is 29.1. The third-order valence-electron chi connectivity index (χ3n) is 2.68. The van der Waals surface area contributed by atoms with Crippen LogP contribution in [0.5, 0.6) is 0 Å². The number of nitrogens with two attached hydrogens (primary N) is 2. The maximum absolute atomic E-state index is 11.9. The van der Waals surface area contributed by atoms with E-state index in [1.165, 1.54) is 4.90 Å². The van der Waals surface area contributed by atoms with E-state index in [-0.39, 0.29) is 26.2 Å². The molecule has 4 N–H and O–H groups in total. The zero-order valence-electron chi connectivity index (χ0n) is 11.5. The van der Waals surface area contributed by atoms with Crippen molar-refractivity contribution in [2.45, 2.75) is 32.4 Å². The number of rotatable bonds is 2. The van der Waals surface area contributed by atoms with E-state index in [1.54, 1.807) is 20.8 Å². The lowest BCUT2D eigenvalue weighted by Crippen LogP contribution is -2.60. The van der Waals surface area contributed by atoms with E-state index in [9.17, 15) is 13.2 Å². The third kappa shape index (κ3) is 4.60. The number of piperazine rings is 1. The van der Waals surface area contributed by atoms with Crippen molar-refractivity contribution in [3.05, 3.63) is 0 Å². The first-order chi connectivity index (χ1) is 8.54. The first kappa shape index (κ1) is 16.2. The Kier molecular flexibility index (Phi) is 4.77. The minimum absolute atomic E-state index is 0.0930. The molecule has 1 aliphatic rings. The lowest BCUT2D eigenvalue weighted by molar-refractivity contribution is 0.0138. The van der Waals surface area contributed by atoms with Crippen molar-refractivity contribution < 1.29 is 17.9 Å².